The molecule has 1 atom stereocenters. The topological polar surface area (TPSA) is 30.3 Å². The summed E-state index contributed by atoms with van der Waals surface area (Å²) in [5, 5.41) is 1.26. The van der Waals surface area contributed by atoms with Crippen LogP contribution >= 0.6 is 11.8 Å². The van der Waals surface area contributed by atoms with Gasteiger partial charge in [0.05, 0.1) is 17.3 Å². The zero-order valence-electron chi connectivity index (χ0n) is 18.2. The van der Waals surface area contributed by atoms with Crippen molar-refractivity contribution in [3.8, 4) is 0 Å². The van der Waals surface area contributed by atoms with Crippen molar-refractivity contribution in [1.29, 1.82) is 0 Å². The normalized spacial score (nSPS) is 19.6. The molecule has 5 heteroatoms. The van der Waals surface area contributed by atoms with Crippen LogP contribution in [0.1, 0.15) is 41.5 Å². The Morgan fingerprint density at radius 1 is 1.00 bits per heavy atom. The van der Waals surface area contributed by atoms with Crippen molar-refractivity contribution >= 4 is 11.8 Å². The molecule has 1 fully saturated rings. The van der Waals surface area contributed by atoms with Crippen molar-refractivity contribution in [1.82, 2.24) is 14.5 Å². The Labute approximate surface area is 189 Å². The predicted molar refractivity (Wildman–Crippen MR) is 127 cm³/mol. The third-order valence-electron chi connectivity index (χ3n) is 6.50. The lowest BCUT2D eigenvalue weighted by atomic mass is 10.00. The molecule has 0 saturated carbocycles. The summed E-state index contributed by atoms with van der Waals surface area (Å²) >= 11 is 1.91. The Bertz CT molecular complexity index is 995. The fourth-order valence-electron chi connectivity index (χ4n) is 4.68. The van der Waals surface area contributed by atoms with E-state index in [4.69, 9.17) is 9.72 Å². The fourth-order valence-corrected chi connectivity index (χ4v) is 5.69. The second kappa shape index (κ2) is 9.60. The van der Waals surface area contributed by atoms with Gasteiger partial charge in [-0.1, -0.05) is 54.6 Å². The van der Waals surface area contributed by atoms with E-state index in [9.17, 15) is 0 Å². The van der Waals surface area contributed by atoms with Gasteiger partial charge < -0.3 is 14.2 Å². The van der Waals surface area contributed by atoms with Crippen LogP contribution in [0.15, 0.2) is 65.8 Å². The summed E-state index contributed by atoms with van der Waals surface area (Å²) in [6, 6.07) is 19.5. The van der Waals surface area contributed by atoms with Gasteiger partial charge in [-0.2, -0.15) is 0 Å². The van der Waals surface area contributed by atoms with E-state index in [1.807, 2.05) is 11.8 Å². The van der Waals surface area contributed by atoms with Crippen LogP contribution in [0.25, 0.3) is 0 Å². The molecule has 1 saturated heterocycles. The summed E-state index contributed by atoms with van der Waals surface area (Å²) < 4.78 is 9.19. The van der Waals surface area contributed by atoms with Gasteiger partial charge in [0, 0.05) is 25.4 Å². The van der Waals surface area contributed by atoms with Gasteiger partial charge in [0.15, 0.2) is 0 Å². The van der Waals surface area contributed by atoms with E-state index in [-0.39, 0.29) is 6.10 Å². The lowest BCUT2D eigenvalue weighted by Crippen LogP contribution is -2.35. The van der Waals surface area contributed by atoms with Gasteiger partial charge in [-0.3, -0.25) is 0 Å². The molecule has 3 aromatic rings. The molecular formula is C26H31N3OS. The van der Waals surface area contributed by atoms with Crippen molar-refractivity contribution < 1.29 is 4.74 Å². The highest BCUT2D eigenvalue weighted by Crippen LogP contribution is 2.36. The molecular weight excluding hydrogens is 402 g/mol. The van der Waals surface area contributed by atoms with Crippen molar-refractivity contribution in [2.45, 2.75) is 49.5 Å². The average molecular weight is 434 g/mol. The first-order chi connectivity index (χ1) is 15.3. The van der Waals surface area contributed by atoms with Gasteiger partial charge in [0.2, 0.25) is 0 Å². The van der Waals surface area contributed by atoms with Crippen LogP contribution < -0.4 is 0 Å². The van der Waals surface area contributed by atoms with Gasteiger partial charge in [-0.15, -0.1) is 11.8 Å². The minimum Gasteiger partial charge on any atom is -0.362 e. The number of piperidine rings is 1. The van der Waals surface area contributed by atoms with E-state index in [2.05, 4.69) is 77.3 Å². The highest BCUT2D eigenvalue weighted by molar-refractivity contribution is 7.99. The van der Waals surface area contributed by atoms with Crippen molar-refractivity contribution in [2.75, 3.05) is 25.9 Å². The highest BCUT2D eigenvalue weighted by Gasteiger charge is 2.30. The third-order valence-corrected chi connectivity index (χ3v) is 7.53. The van der Waals surface area contributed by atoms with E-state index in [0.717, 1.165) is 56.9 Å². The number of fused-ring (bicyclic) bond motifs is 2. The summed E-state index contributed by atoms with van der Waals surface area (Å²) in [7, 11) is 2.20. The van der Waals surface area contributed by atoms with Crippen LogP contribution in [0.3, 0.4) is 0 Å². The number of thioether (sulfide) groups is 1. The Kier molecular flexibility index (Phi) is 6.44. The molecule has 0 aliphatic carbocycles. The number of nitrogens with zero attached hydrogens (tertiary/aromatic N) is 3. The lowest BCUT2D eigenvalue weighted by Gasteiger charge is -2.32. The summed E-state index contributed by atoms with van der Waals surface area (Å²) in [5.41, 5.74) is 4.08. The summed E-state index contributed by atoms with van der Waals surface area (Å²) in [5.74, 6) is 2.13. The molecule has 31 heavy (non-hydrogen) atoms. The monoisotopic (exact) mass is 433 g/mol. The summed E-state index contributed by atoms with van der Waals surface area (Å²) in [6.07, 6.45) is 6.57. The third kappa shape index (κ3) is 4.74. The second-order valence-corrected chi connectivity index (χ2v) is 9.77. The molecule has 3 heterocycles. The zero-order valence-corrected chi connectivity index (χ0v) is 19.1. The molecule has 0 bridgehead atoms. The predicted octanol–water partition coefficient (Wildman–Crippen LogP) is 4.97. The Balaban J connectivity index is 1.37. The minimum atomic E-state index is -0.0735. The summed E-state index contributed by atoms with van der Waals surface area (Å²) in [4.78, 5) is 7.30. The quantitative estimate of drug-likeness (QED) is 0.513. The standard InChI is InChI=1S/C26H31N3OS/c1-28-15-12-22(13-16-28)30-25-23-10-6-5-9-21(23)11-17-29-24(19-27-26(25)29)31-18-14-20-7-3-2-4-8-20/h2-10,19,22,25H,11-18H2,1H3. The number of hydrogen-bond donors (Lipinski definition) is 0. The van der Waals surface area contributed by atoms with Crippen LogP contribution in [0.4, 0.5) is 0 Å². The van der Waals surface area contributed by atoms with Crippen LogP contribution in [0, 0.1) is 0 Å². The molecule has 2 aromatic carbocycles. The zero-order chi connectivity index (χ0) is 21.0. The number of aryl methyl sites for hydroxylation is 2. The molecule has 0 N–H and O–H groups in total. The smallest absolute Gasteiger partial charge is 0.143 e. The number of ether oxygens (including phenoxy) is 1. The van der Waals surface area contributed by atoms with Gasteiger partial charge in [-0.05, 0) is 49.4 Å². The maximum atomic E-state index is 6.78. The first-order valence-electron chi connectivity index (χ1n) is 11.4. The first-order valence-corrected chi connectivity index (χ1v) is 12.4. The van der Waals surface area contributed by atoms with Gasteiger partial charge in [-0.25, -0.2) is 4.98 Å². The maximum Gasteiger partial charge on any atom is 0.143 e. The number of hydrogen-bond acceptors (Lipinski definition) is 4. The van der Waals surface area contributed by atoms with Crippen LogP contribution in [-0.4, -0.2) is 46.4 Å². The molecule has 0 amide bonds. The number of likely N-dealkylation sites (tertiary alicyclic amines) is 1. The number of aromatic nitrogens is 2. The van der Waals surface area contributed by atoms with Gasteiger partial charge in [0.1, 0.15) is 11.9 Å². The van der Waals surface area contributed by atoms with E-state index in [0.29, 0.717) is 6.10 Å². The Morgan fingerprint density at radius 3 is 2.61 bits per heavy atom. The van der Waals surface area contributed by atoms with Crippen molar-refractivity contribution in [3.63, 3.8) is 0 Å². The largest absolute Gasteiger partial charge is 0.362 e. The molecule has 0 radical (unpaired) electrons. The van der Waals surface area contributed by atoms with E-state index < -0.39 is 0 Å². The van der Waals surface area contributed by atoms with Crippen LogP contribution in [0.2, 0.25) is 0 Å². The molecule has 0 spiro atoms. The molecule has 2 aliphatic heterocycles. The van der Waals surface area contributed by atoms with Crippen molar-refractivity contribution in [3.05, 3.63) is 83.3 Å². The average Bonchev–Trinajstić information content (AvgIpc) is 3.13. The second-order valence-electron chi connectivity index (χ2n) is 8.66. The van der Waals surface area contributed by atoms with Gasteiger partial charge in [0.25, 0.3) is 0 Å². The lowest BCUT2D eigenvalue weighted by molar-refractivity contribution is -0.0277. The molecule has 2 aliphatic rings. The highest BCUT2D eigenvalue weighted by atomic mass is 32.2. The van der Waals surface area contributed by atoms with E-state index in [1.54, 1.807) is 0 Å². The van der Waals surface area contributed by atoms with E-state index in [1.165, 1.54) is 21.7 Å². The molecule has 162 valence electrons. The first kappa shape index (κ1) is 20.8. The van der Waals surface area contributed by atoms with Crippen LogP contribution in [0.5, 0.6) is 0 Å². The molecule has 5 rings (SSSR count). The summed E-state index contributed by atoms with van der Waals surface area (Å²) in [6.45, 7) is 3.18. The molecule has 1 unspecified atom stereocenters. The van der Waals surface area contributed by atoms with Gasteiger partial charge >= 0.3 is 0 Å². The van der Waals surface area contributed by atoms with Crippen molar-refractivity contribution in [2.24, 2.45) is 0 Å². The number of imidazole rings is 1. The number of rotatable bonds is 6. The minimum absolute atomic E-state index is 0.0735. The maximum absolute atomic E-state index is 6.78. The number of benzene rings is 2. The molecule has 1 aromatic heterocycles. The fraction of sp³-hybridized carbons (Fsp3) is 0.423. The van der Waals surface area contributed by atoms with E-state index >= 15 is 0 Å². The Hall–Kier alpha value is -2.08. The van der Waals surface area contributed by atoms with Crippen LogP contribution in [-0.2, 0) is 24.1 Å². The Morgan fingerprint density at radius 2 is 1.77 bits per heavy atom. The SMILES string of the molecule is CN1CCC(OC2c3ccccc3CCn3c(SCCc4ccccc4)cnc32)CC1. The molecule has 4 nitrogen and oxygen atoms in total.